The standard InChI is InChI=1S/C16H22N2O3/c1-15(2,3)21-11-10-18-13(19)16(4,17-14(18)20)12-8-6-5-7-9-12/h5-9H,10-11H2,1-4H3,(H,17,20). The first-order chi connectivity index (χ1) is 9.74. The Morgan fingerprint density at radius 3 is 2.38 bits per heavy atom. The molecule has 0 bridgehead atoms. The summed E-state index contributed by atoms with van der Waals surface area (Å²) in [5.41, 5.74) is -0.509. The van der Waals surface area contributed by atoms with E-state index in [2.05, 4.69) is 5.32 Å². The van der Waals surface area contributed by atoms with E-state index in [4.69, 9.17) is 4.74 Å². The van der Waals surface area contributed by atoms with Crippen LogP contribution in [-0.2, 0) is 15.1 Å². The largest absolute Gasteiger partial charge is 0.374 e. The lowest BCUT2D eigenvalue weighted by atomic mass is 9.92. The zero-order chi connectivity index (χ0) is 15.7. The van der Waals surface area contributed by atoms with Gasteiger partial charge in [-0.3, -0.25) is 9.69 Å². The molecule has 0 radical (unpaired) electrons. The second-order valence-electron chi connectivity index (χ2n) is 6.34. The van der Waals surface area contributed by atoms with E-state index >= 15 is 0 Å². The molecule has 0 aromatic heterocycles. The molecule has 1 unspecified atom stereocenters. The van der Waals surface area contributed by atoms with Crippen LogP contribution in [0.2, 0.25) is 0 Å². The molecule has 1 aliphatic rings. The quantitative estimate of drug-likeness (QED) is 0.865. The molecule has 1 fully saturated rings. The van der Waals surface area contributed by atoms with Gasteiger partial charge in [-0.15, -0.1) is 0 Å². The van der Waals surface area contributed by atoms with Crippen molar-refractivity contribution in [1.29, 1.82) is 0 Å². The smallest absolute Gasteiger partial charge is 0.325 e. The average Bonchev–Trinajstić information content (AvgIpc) is 2.63. The normalized spacial score (nSPS) is 22.6. The fourth-order valence-corrected chi connectivity index (χ4v) is 2.31. The van der Waals surface area contributed by atoms with Crippen molar-refractivity contribution in [2.75, 3.05) is 13.2 Å². The van der Waals surface area contributed by atoms with Gasteiger partial charge in [-0.2, -0.15) is 0 Å². The molecule has 2 rings (SSSR count). The zero-order valence-corrected chi connectivity index (χ0v) is 13.0. The summed E-state index contributed by atoms with van der Waals surface area (Å²) in [6, 6.07) is 8.89. The van der Waals surface area contributed by atoms with Crippen molar-refractivity contribution >= 4 is 11.9 Å². The molecule has 1 aromatic carbocycles. The Labute approximate surface area is 125 Å². The highest BCUT2D eigenvalue weighted by molar-refractivity contribution is 6.07. The first kappa shape index (κ1) is 15.5. The first-order valence-corrected chi connectivity index (χ1v) is 7.08. The molecule has 1 aromatic rings. The summed E-state index contributed by atoms with van der Waals surface area (Å²) in [4.78, 5) is 25.9. The number of carbonyl (C=O) groups excluding carboxylic acids is 2. The van der Waals surface area contributed by atoms with E-state index in [0.717, 1.165) is 5.56 Å². The van der Waals surface area contributed by atoms with E-state index in [1.807, 2.05) is 51.1 Å². The second-order valence-corrected chi connectivity index (χ2v) is 6.34. The summed E-state index contributed by atoms with van der Waals surface area (Å²) in [6.07, 6.45) is 0. The van der Waals surface area contributed by atoms with Crippen LogP contribution in [0.4, 0.5) is 4.79 Å². The lowest BCUT2D eigenvalue weighted by Crippen LogP contribution is -2.41. The van der Waals surface area contributed by atoms with Crippen LogP contribution in [0.25, 0.3) is 0 Å². The van der Waals surface area contributed by atoms with E-state index in [-0.39, 0.29) is 24.1 Å². The van der Waals surface area contributed by atoms with Gasteiger partial charge < -0.3 is 10.1 Å². The highest BCUT2D eigenvalue weighted by Gasteiger charge is 2.48. The van der Waals surface area contributed by atoms with Gasteiger partial charge >= 0.3 is 6.03 Å². The van der Waals surface area contributed by atoms with Gasteiger partial charge in [0.25, 0.3) is 5.91 Å². The van der Waals surface area contributed by atoms with Gasteiger partial charge in [0, 0.05) is 0 Å². The molecule has 1 atom stereocenters. The minimum Gasteiger partial charge on any atom is -0.374 e. The summed E-state index contributed by atoms with van der Waals surface area (Å²) in [5.74, 6) is -0.240. The molecule has 1 N–H and O–H groups in total. The summed E-state index contributed by atoms with van der Waals surface area (Å²) in [7, 11) is 0. The van der Waals surface area contributed by atoms with Crippen LogP contribution in [0.15, 0.2) is 30.3 Å². The predicted octanol–water partition coefficient (Wildman–Crippen LogP) is 2.27. The number of carbonyl (C=O) groups is 2. The molecule has 0 aliphatic carbocycles. The lowest BCUT2D eigenvalue weighted by molar-refractivity contribution is -0.132. The number of amides is 3. The summed E-state index contributed by atoms with van der Waals surface area (Å²) >= 11 is 0. The number of urea groups is 1. The van der Waals surface area contributed by atoms with Crippen molar-refractivity contribution in [3.63, 3.8) is 0 Å². The van der Waals surface area contributed by atoms with Crippen molar-refractivity contribution in [3.05, 3.63) is 35.9 Å². The second kappa shape index (κ2) is 5.48. The summed E-state index contributed by atoms with van der Waals surface area (Å²) in [5, 5.41) is 2.78. The summed E-state index contributed by atoms with van der Waals surface area (Å²) in [6.45, 7) is 8.12. The average molecular weight is 290 g/mol. The highest BCUT2D eigenvalue weighted by atomic mass is 16.5. The topological polar surface area (TPSA) is 58.6 Å². The van der Waals surface area contributed by atoms with Crippen molar-refractivity contribution in [2.24, 2.45) is 0 Å². The Morgan fingerprint density at radius 2 is 1.81 bits per heavy atom. The van der Waals surface area contributed by atoms with Crippen LogP contribution < -0.4 is 5.32 Å². The monoisotopic (exact) mass is 290 g/mol. The highest BCUT2D eigenvalue weighted by Crippen LogP contribution is 2.28. The van der Waals surface area contributed by atoms with Crippen LogP contribution >= 0.6 is 0 Å². The Kier molecular flexibility index (Phi) is 4.05. The molecule has 0 saturated carbocycles. The van der Waals surface area contributed by atoms with Gasteiger partial charge in [0.2, 0.25) is 0 Å². The lowest BCUT2D eigenvalue weighted by Gasteiger charge is -2.23. The first-order valence-electron chi connectivity index (χ1n) is 7.08. The van der Waals surface area contributed by atoms with Crippen LogP contribution in [0.5, 0.6) is 0 Å². The van der Waals surface area contributed by atoms with Crippen molar-refractivity contribution in [1.82, 2.24) is 10.2 Å². The third-order valence-corrected chi connectivity index (χ3v) is 3.48. The van der Waals surface area contributed by atoms with Crippen molar-refractivity contribution in [2.45, 2.75) is 38.8 Å². The Balaban J connectivity index is 2.10. The van der Waals surface area contributed by atoms with Crippen molar-refractivity contribution in [3.8, 4) is 0 Å². The van der Waals surface area contributed by atoms with E-state index < -0.39 is 5.54 Å². The maximum Gasteiger partial charge on any atom is 0.325 e. The van der Waals surface area contributed by atoms with E-state index in [1.54, 1.807) is 6.92 Å². The number of ether oxygens (including phenoxy) is 1. The van der Waals surface area contributed by atoms with E-state index in [1.165, 1.54) is 4.90 Å². The fourth-order valence-electron chi connectivity index (χ4n) is 2.31. The fraction of sp³-hybridized carbons (Fsp3) is 0.500. The number of hydrogen-bond acceptors (Lipinski definition) is 3. The van der Waals surface area contributed by atoms with E-state index in [9.17, 15) is 9.59 Å². The van der Waals surface area contributed by atoms with Crippen LogP contribution in [0.1, 0.15) is 33.3 Å². The maximum absolute atomic E-state index is 12.6. The number of benzene rings is 1. The van der Waals surface area contributed by atoms with Crippen LogP contribution in [-0.4, -0.2) is 35.6 Å². The number of hydrogen-bond donors (Lipinski definition) is 1. The minimum absolute atomic E-state index is 0.240. The third kappa shape index (κ3) is 3.24. The predicted molar refractivity (Wildman–Crippen MR) is 79.7 cm³/mol. The van der Waals surface area contributed by atoms with Gasteiger partial charge in [0.05, 0.1) is 18.8 Å². The number of rotatable bonds is 4. The molecule has 5 nitrogen and oxygen atoms in total. The molecular formula is C16H22N2O3. The van der Waals surface area contributed by atoms with Crippen molar-refractivity contribution < 1.29 is 14.3 Å². The zero-order valence-electron chi connectivity index (χ0n) is 13.0. The van der Waals surface area contributed by atoms with Gasteiger partial charge in [0.1, 0.15) is 5.54 Å². The molecule has 3 amide bonds. The number of imide groups is 1. The molecule has 1 aliphatic heterocycles. The van der Waals surface area contributed by atoms with Gasteiger partial charge in [-0.25, -0.2) is 4.79 Å². The molecule has 21 heavy (non-hydrogen) atoms. The molecule has 1 saturated heterocycles. The van der Waals surface area contributed by atoms with Gasteiger partial charge in [0.15, 0.2) is 0 Å². The van der Waals surface area contributed by atoms with Gasteiger partial charge in [-0.05, 0) is 33.3 Å². The molecule has 1 heterocycles. The Bertz CT molecular complexity index is 536. The number of nitrogens with one attached hydrogen (secondary N) is 1. The molecule has 114 valence electrons. The number of nitrogens with zero attached hydrogens (tertiary/aromatic N) is 1. The minimum atomic E-state index is -1.000. The SMILES string of the molecule is CC(C)(C)OCCN1C(=O)NC(C)(c2ccccc2)C1=O. The van der Waals surface area contributed by atoms with E-state index in [0.29, 0.717) is 6.61 Å². The molecule has 5 heteroatoms. The van der Waals surface area contributed by atoms with Crippen LogP contribution in [0.3, 0.4) is 0 Å². The Morgan fingerprint density at radius 1 is 1.19 bits per heavy atom. The molecule has 0 spiro atoms. The molecular weight excluding hydrogens is 268 g/mol. The Hall–Kier alpha value is -1.88. The van der Waals surface area contributed by atoms with Crippen LogP contribution in [0, 0.1) is 0 Å². The van der Waals surface area contributed by atoms with Gasteiger partial charge in [-0.1, -0.05) is 30.3 Å². The maximum atomic E-state index is 12.6. The third-order valence-electron chi connectivity index (χ3n) is 3.48. The summed E-state index contributed by atoms with van der Waals surface area (Å²) < 4.78 is 5.59.